The van der Waals surface area contributed by atoms with Crippen molar-refractivity contribution in [3.63, 3.8) is 0 Å². The third kappa shape index (κ3) is 2.74. The zero-order valence-corrected chi connectivity index (χ0v) is 7.32. The Morgan fingerprint density at radius 3 is 2.85 bits per heavy atom. The van der Waals surface area contributed by atoms with Crippen LogP contribution in [-0.4, -0.2) is 17.6 Å². The number of aromatic nitrogens is 1. The largest absolute Gasteiger partial charge is 0.543 e. The molecule has 0 amide bonds. The van der Waals surface area contributed by atoms with Crippen molar-refractivity contribution in [1.82, 2.24) is 4.98 Å². The third-order valence-electron chi connectivity index (χ3n) is 1.42. The van der Waals surface area contributed by atoms with Gasteiger partial charge in [-0.15, -0.1) is 0 Å². The van der Waals surface area contributed by atoms with Crippen molar-refractivity contribution >= 4 is 5.97 Å². The van der Waals surface area contributed by atoms with Gasteiger partial charge in [-0.2, -0.15) is 0 Å². The second-order valence-corrected chi connectivity index (χ2v) is 2.52. The Morgan fingerprint density at radius 1 is 1.62 bits per heavy atom. The van der Waals surface area contributed by atoms with Crippen molar-refractivity contribution in [2.75, 3.05) is 6.61 Å². The van der Waals surface area contributed by atoms with E-state index in [1.807, 2.05) is 6.92 Å². The van der Waals surface area contributed by atoms with Gasteiger partial charge < -0.3 is 14.6 Å². The van der Waals surface area contributed by atoms with Gasteiger partial charge in [0.05, 0.1) is 24.5 Å². The summed E-state index contributed by atoms with van der Waals surface area (Å²) in [5, 5.41) is 10.3. The van der Waals surface area contributed by atoms with Crippen LogP contribution in [0.3, 0.4) is 0 Å². The van der Waals surface area contributed by atoms with Crippen molar-refractivity contribution in [3.8, 4) is 5.75 Å². The molecule has 1 rings (SSSR count). The van der Waals surface area contributed by atoms with E-state index in [1.165, 1.54) is 12.3 Å². The van der Waals surface area contributed by atoms with E-state index in [1.54, 1.807) is 6.07 Å². The van der Waals surface area contributed by atoms with Crippen LogP contribution >= 0.6 is 0 Å². The lowest BCUT2D eigenvalue weighted by atomic mass is 10.3. The minimum atomic E-state index is -1.28. The Kier molecular flexibility index (Phi) is 3.25. The van der Waals surface area contributed by atoms with Gasteiger partial charge in [0.15, 0.2) is 0 Å². The third-order valence-corrected chi connectivity index (χ3v) is 1.42. The molecule has 0 spiro atoms. The van der Waals surface area contributed by atoms with Gasteiger partial charge in [0.2, 0.25) is 0 Å². The quantitative estimate of drug-likeness (QED) is 0.665. The average Bonchev–Trinajstić information content (AvgIpc) is 2.15. The molecule has 0 aliphatic rings. The van der Waals surface area contributed by atoms with E-state index in [4.69, 9.17) is 4.74 Å². The molecule has 0 aliphatic carbocycles. The Hall–Kier alpha value is -1.58. The molecule has 4 heteroatoms. The molecule has 70 valence electrons. The molecule has 0 aromatic carbocycles. The minimum absolute atomic E-state index is 0.0798. The van der Waals surface area contributed by atoms with Crippen LogP contribution in [0.4, 0.5) is 0 Å². The highest BCUT2D eigenvalue weighted by Crippen LogP contribution is 2.08. The average molecular weight is 180 g/mol. The number of carbonyl (C=O) groups excluding carboxylic acids is 1. The second kappa shape index (κ2) is 4.45. The zero-order chi connectivity index (χ0) is 9.68. The van der Waals surface area contributed by atoms with E-state index < -0.39 is 5.97 Å². The van der Waals surface area contributed by atoms with Crippen molar-refractivity contribution in [3.05, 3.63) is 24.0 Å². The summed E-state index contributed by atoms with van der Waals surface area (Å²) in [5.74, 6) is -0.700. The van der Waals surface area contributed by atoms with Gasteiger partial charge in [-0.1, -0.05) is 6.92 Å². The fourth-order valence-electron chi connectivity index (χ4n) is 0.806. The Labute approximate surface area is 76.2 Å². The van der Waals surface area contributed by atoms with Crippen LogP contribution < -0.4 is 9.84 Å². The molecule has 0 bridgehead atoms. The van der Waals surface area contributed by atoms with Crippen molar-refractivity contribution < 1.29 is 14.6 Å². The van der Waals surface area contributed by atoms with E-state index >= 15 is 0 Å². The molecule has 0 saturated heterocycles. The first-order valence-corrected chi connectivity index (χ1v) is 4.04. The number of carbonyl (C=O) groups is 1. The molecule has 0 N–H and O–H groups in total. The fourth-order valence-corrected chi connectivity index (χ4v) is 0.806. The summed E-state index contributed by atoms with van der Waals surface area (Å²) in [4.78, 5) is 14.0. The summed E-state index contributed by atoms with van der Waals surface area (Å²) in [6, 6.07) is 2.92. The van der Waals surface area contributed by atoms with Crippen molar-refractivity contribution in [2.24, 2.45) is 0 Å². The highest BCUT2D eigenvalue weighted by atomic mass is 16.5. The summed E-state index contributed by atoms with van der Waals surface area (Å²) in [6.45, 7) is 2.59. The van der Waals surface area contributed by atoms with Crippen LogP contribution in [0.15, 0.2) is 18.3 Å². The van der Waals surface area contributed by atoms with Gasteiger partial charge >= 0.3 is 0 Å². The van der Waals surface area contributed by atoms with Gasteiger partial charge in [0, 0.05) is 0 Å². The predicted molar refractivity (Wildman–Crippen MR) is 44.4 cm³/mol. The van der Waals surface area contributed by atoms with Gasteiger partial charge in [-0.05, 0) is 18.6 Å². The highest BCUT2D eigenvalue weighted by Gasteiger charge is 1.96. The lowest BCUT2D eigenvalue weighted by Gasteiger charge is -2.05. The number of carboxylic acids is 1. The molecule has 13 heavy (non-hydrogen) atoms. The zero-order valence-electron chi connectivity index (χ0n) is 7.32. The molecule has 0 radical (unpaired) electrons. The minimum Gasteiger partial charge on any atom is -0.543 e. The molecule has 4 nitrogen and oxygen atoms in total. The molecular weight excluding hydrogens is 170 g/mol. The van der Waals surface area contributed by atoms with Crippen molar-refractivity contribution in [1.29, 1.82) is 0 Å². The van der Waals surface area contributed by atoms with Gasteiger partial charge in [0.25, 0.3) is 0 Å². The van der Waals surface area contributed by atoms with Crippen LogP contribution in [0.25, 0.3) is 0 Å². The Balaban J connectivity index is 2.64. The van der Waals surface area contributed by atoms with Crippen LogP contribution in [0.5, 0.6) is 5.75 Å². The van der Waals surface area contributed by atoms with Gasteiger partial charge in [-0.3, -0.25) is 4.98 Å². The van der Waals surface area contributed by atoms with Crippen LogP contribution in [0.2, 0.25) is 0 Å². The summed E-state index contributed by atoms with van der Waals surface area (Å²) in [6.07, 6.45) is 2.28. The number of hydrogen-bond acceptors (Lipinski definition) is 4. The first kappa shape index (κ1) is 9.51. The number of ether oxygens (including phenoxy) is 1. The Morgan fingerprint density at radius 2 is 2.38 bits per heavy atom. The maximum absolute atomic E-state index is 10.3. The smallest absolute Gasteiger partial charge is 0.137 e. The molecular formula is C9H10NO3-. The standard InChI is InChI=1S/C9H11NO3/c1-2-5-13-7-3-4-8(9(11)12)10-6-7/h3-4,6H,2,5H2,1H3,(H,11,12)/p-1. The van der Waals surface area contributed by atoms with Crippen LogP contribution in [0.1, 0.15) is 23.8 Å². The molecule has 0 fully saturated rings. The number of pyridine rings is 1. The normalized spacial score (nSPS) is 9.62. The van der Waals surface area contributed by atoms with E-state index in [2.05, 4.69) is 4.98 Å². The summed E-state index contributed by atoms with van der Waals surface area (Å²) in [7, 11) is 0. The topological polar surface area (TPSA) is 62.2 Å². The maximum Gasteiger partial charge on any atom is 0.137 e. The Bertz CT molecular complexity index is 281. The molecule has 0 unspecified atom stereocenters. The van der Waals surface area contributed by atoms with Crippen LogP contribution in [-0.2, 0) is 0 Å². The van der Waals surface area contributed by atoms with Gasteiger partial charge in [0.1, 0.15) is 5.75 Å². The van der Waals surface area contributed by atoms with Crippen molar-refractivity contribution in [2.45, 2.75) is 13.3 Å². The van der Waals surface area contributed by atoms with E-state index in [-0.39, 0.29) is 5.69 Å². The van der Waals surface area contributed by atoms with E-state index in [9.17, 15) is 9.90 Å². The SMILES string of the molecule is CCCOc1ccc(C(=O)[O-])nc1. The first-order valence-electron chi connectivity index (χ1n) is 4.04. The molecule has 1 aromatic rings. The summed E-state index contributed by atoms with van der Waals surface area (Å²) >= 11 is 0. The molecule has 1 heterocycles. The lowest BCUT2D eigenvalue weighted by Crippen LogP contribution is -2.23. The molecule has 0 atom stereocenters. The van der Waals surface area contributed by atoms with Crippen LogP contribution in [0, 0.1) is 0 Å². The fraction of sp³-hybridized carbons (Fsp3) is 0.333. The summed E-state index contributed by atoms with van der Waals surface area (Å²) < 4.78 is 5.21. The number of hydrogen-bond donors (Lipinski definition) is 0. The highest BCUT2D eigenvalue weighted by molar-refractivity contribution is 5.83. The number of carboxylic acid groups (broad SMARTS) is 1. The maximum atomic E-state index is 10.3. The van der Waals surface area contributed by atoms with E-state index in [0.29, 0.717) is 12.4 Å². The monoisotopic (exact) mass is 180 g/mol. The molecule has 0 saturated carbocycles. The number of nitrogens with zero attached hydrogens (tertiary/aromatic N) is 1. The van der Waals surface area contributed by atoms with E-state index in [0.717, 1.165) is 6.42 Å². The molecule has 0 aliphatic heterocycles. The predicted octanol–water partition coefficient (Wildman–Crippen LogP) is 0.234. The van der Waals surface area contributed by atoms with Gasteiger partial charge in [-0.25, -0.2) is 0 Å². The second-order valence-electron chi connectivity index (χ2n) is 2.52. The summed E-state index contributed by atoms with van der Waals surface area (Å²) in [5.41, 5.74) is -0.0798. The first-order chi connectivity index (χ1) is 6.24. The lowest BCUT2D eigenvalue weighted by molar-refractivity contribution is -0.255. The number of rotatable bonds is 4. The molecule has 1 aromatic heterocycles. The number of aromatic carboxylic acids is 1.